The first kappa shape index (κ1) is 46.2. The lowest BCUT2D eigenvalue weighted by molar-refractivity contribution is -0.141. The van der Waals surface area contributed by atoms with Gasteiger partial charge in [-0.1, -0.05) is 48.5 Å². The molecule has 0 saturated carbocycles. The van der Waals surface area contributed by atoms with Gasteiger partial charge in [-0.2, -0.15) is 0 Å². The first-order valence-electron chi connectivity index (χ1n) is 19.0. The topological polar surface area (TPSA) is 148 Å². The minimum absolute atomic E-state index is 0.0352. The van der Waals surface area contributed by atoms with E-state index in [1.165, 1.54) is 34.3 Å². The van der Waals surface area contributed by atoms with Crippen molar-refractivity contribution in [3.63, 3.8) is 0 Å². The zero-order valence-corrected chi connectivity index (χ0v) is 32.6. The molecule has 1 aliphatic carbocycles. The Morgan fingerprint density at radius 3 is 1.18 bits per heavy atom. The molecule has 0 N–H and O–H groups in total. The van der Waals surface area contributed by atoms with E-state index in [4.69, 9.17) is 52.1 Å². The van der Waals surface area contributed by atoms with Gasteiger partial charge in [0.2, 0.25) is 0 Å². The number of likely N-dealkylation sites (N-methyl/N-ethyl adjacent to an activating group) is 1. The number of esters is 1. The van der Waals surface area contributed by atoms with E-state index in [1.807, 2.05) is 24.3 Å². The fourth-order valence-electron chi connectivity index (χ4n) is 5.34. The maximum Gasteiger partial charge on any atom is 0.409 e. The predicted octanol–water partition coefficient (Wildman–Crippen LogP) is 3.60. The molecule has 0 bridgehead atoms. The summed E-state index contributed by atoms with van der Waals surface area (Å²) in [5.74, 6) is -0.255. The van der Waals surface area contributed by atoms with Gasteiger partial charge < -0.3 is 61.7 Å². The fourth-order valence-corrected chi connectivity index (χ4v) is 5.34. The fraction of sp³-hybridized carbons (Fsp3) is 0.650. The van der Waals surface area contributed by atoms with E-state index in [9.17, 15) is 9.59 Å². The minimum atomic E-state index is -0.368. The van der Waals surface area contributed by atoms with Gasteiger partial charge in [0.25, 0.3) is 0 Å². The summed E-state index contributed by atoms with van der Waals surface area (Å²) in [6, 6.07) is 16.6. The molecular weight excluding hydrogens is 718 g/mol. The number of nitrogens with zero attached hydrogens (tertiary/aromatic N) is 1. The Bertz CT molecular complexity index is 1240. The second kappa shape index (κ2) is 30.9. The van der Waals surface area contributed by atoms with Crippen molar-refractivity contribution in [2.75, 3.05) is 159 Å². The molecule has 0 radical (unpaired) electrons. The maximum atomic E-state index is 12.6. The second-order valence-electron chi connectivity index (χ2n) is 12.2. The van der Waals surface area contributed by atoms with Gasteiger partial charge in [0.05, 0.1) is 146 Å². The summed E-state index contributed by atoms with van der Waals surface area (Å²) >= 11 is 0. The van der Waals surface area contributed by atoms with Gasteiger partial charge in [0, 0.05) is 19.5 Å². The number of hydrogen-bond acceptors (Lipinski definition) is 14. The molecule has 310 valence electrons. The lowest BCUT2D eigenvalue weighted by atomic mass is 9.98. The number of benzene rings is 2. The van der Waals surface area contributed by atoms with Gasteiger partial charge >= 0.3 is 12.1 Å². The van der Waals surface area contributed by atoms with E-state index >= 15 is 0 Å². The Morgan fingerprint density at radius 1 is 0.491 bits per heavy atom. The van der Waals surface area contributed by atoms with Crippen LogP contribution >= 0.6 is 0 Å². The van der Waals surface area contributed by atoms with Crippen LogP contribution in [0, 0.1) is 0 Å². The summed E-state index contributed by atoms with van der Waals surface area (Å²) in [6.45, 7) is 9.82. The quantitative estimate of drug-likeness (QED) is 0.0741. The molecule has 0 fully saturated rings. The van der Waals surface area contributed by atoms with Crippen LogP contribution in [0.2, 0.25) is 0 Å². The summed E-state index contributed by atoms with van der Waals surface area (Å²) in [5, 5.41) is 0. The number of amides is 1. The number of hydrogen-bond donors (Lipinski definition) is 0. The molecule has 1 aliphatic rings. The van der Waals surface area contributed by atoms with Gasteiger partial charge in [-0.25, -0.2) is 4.79 Å². The van der Waals surface area contributed by atoms with Crippen LogP contribution in [-0.4, -0.2) is 176 Å². The van der Waals surface area contributed by atoms with Crippen molar-refractivity contribution in [2.45, 2.75) is 12.3 Å². The Balaban J connectivity index is 0.971. The van der Waals surface area contributed by atoms with Crippen LogP contribution in [-0.2, 0) is 61.6 Å². The summed E-state index contributed by atoms with van der Waals surface area (Å²) in [7, 11) is 3.06. The van der Waals surface area contributed by atoms with Crippen LogP contribution in [0.3, 0.4) is 0 Å². The van der Waals surface area contributed by atoms with Gasteiger partial charge in [-0.05, 0) is 22.3 Å². The lowest BCUT2D eigenvalue weighted by Gasteiger charge is -2.19. The van der Waals surface area contributed by atoms with Crippen molar-refractivity contribution in [1.82, 2.24) is 4.90 Å². The first-order valence-corrected chi connectivity index (χ1v) is 19.0. The van der Waals surface area contributed by atoms with Crippen LogP contribution in [0.5, 0.6) is 0 Å². The number of ether oxygens (including phenoxy) is 12. The molecule has 2 aromatic rings. The predicted molar refractivity (Wildman–Crippen MR) is 203 cm³/mol. The molecule has 2 aromatic carbocycles. The largest absolute Gasteiger partial charge is 0.469 e. The second-order valence-corrected chi connectivity index (χ2v) is 12.2. The van der Waals surface area contributed by atoms with E-state index < -0.39 is 0 Å². The van der Waals surface area contributed by atoms with Crippen molar-refractivity contribution in [3.8, 4) is 11.1 Å². The van der Waals surface area contributed by atoms with Crippen LogP contribution in [0.4, 0.5) is 4.79 Å². The molecule has 15 heteroatoms. The Labute approximate surface area is 325 Å². The molecule has 0 atom stereocenters. The average molecular weight is 780 g/mol. The summed E-state index contributed by atoms with van der Waals surface area (Å²) in [4.78, 5) is 25.1. The highest BCUT2D eigenvalue weighted by Gasteiger charge is 2.29. The molecule has 55 heavy (non-hydrogen) atoms. The van der Waals surface area contributed by atoms with Gasteiger partial charge in [0.15, 0.2) is 0 Å². The zero-order chi connectivity index (χ0) is 39.0. The van der Waals surface area contributed by atoms with Crippen molar-refractivity contribution in [3.05, 3.63) is 59.7 Å². The highest BCUT2D eigenvalue weighted by Crippen LogP contribution is 2.44. The van der Waals surface area contributed by atoms with Gasteiger partial charge in [0.1, 0.15) is 6.61 Å². The number of carbonyl (C=O) groups excluding carboxylic acids is 2. The minimum Gasteiger partial charge on any atom is -0.469 e. The molecule has 15 nitrogen and oxygen atoms in total. The number of carbonyl (C=O) groups is 2. The van der Waals surface area contributed by atoms with Crippen LogP contribution in [0.15, 0.2) is 48.5 Å². The third-order valence-corrected chi connectivity index (χ3v) is 8.25. The molecule has 0 aliphatic heterocycles. The molecule has 0 aromatic heterocycles. The van der Waals surface area contributed by atoms with Crippen LogP contribution in [0.1, 0.15) is 23.5 Å². The van der Waals surface area contributed by atoms with Crippen LogP contribution < -0.4 is 0 Å². The highest BCUT2D eigenvalue weighted by atomic mass is 16.6. The first-order chi connectivity index (χ1) is 27.1. The van der Waals surface area contributed by atoms with E-state index in [2.05, 4.69) is 29.0 Å². The third kappa shape index (κ3) is 20.5. The van der Waals surface area contributed by atoms with E-state index in [0.29, 0.717) is 145 Å². The normalized spacial score (nSPS) is 12.1. The van der Waals surface area contributed by atoms with Crippen molar-refractivity contribution in [1.29, 1.82) is 0 Å². The Kier molecular flexibility index (Phi) is 26.0. The van der Waals surface area contributed by atoms with Gasteiger partial charge in [-0.3, -0.25) is 4.79 Å². The van der Waals surface area contributed by atoms with Crippen molar-refractivity contribution >= 4 is 12.1 Å². The standard InChI is InChI=1S/C40H61NO14/c1-41(40(43)55-33-38-36-9-5-3-7-34(36)35-8-4-6-10-37(35)38)12-14-46-16-18-48-20-22-50-24-26-52-28-30-54-32-31-53-29-27-51-25-23-49-21-19-47-17-15-45-13-11-39(42)44-2/h3-10,38H,11-33H2,1-2H3. The summed E-state index contributed by atoms with van der Waals surface area (Å²) in [5.41, 5.74) is 4.79. The summed E-state index contributed by atoms with van der Waals surface area (Å²) in [6.07, 6.45) is -0.129. The monoisotopic (exact) mass is 779 g/mol. The van der Waals surface area contributed by atoms with E-state index in [0.717, 1.165) is 0 Å². The Morgan fingerprint density at radius 2 is 0.818 bits per heavy atom. The molecule has 0 unspecified atom stereocenters. The Hall–Kier alpha value is -3.22. The lowest BCUT2D eigenvalue weighted by Crippen LogP contribution is -2.32. The molecule has 1 amide bonds. The van der Waals surface area contributed by atoms with E-state index in [-0.39, 0.29) is 24.4 Å². The molecule has 0 spiro atoms. The summed E-state index contributed by atoms with van der Waals surface area (Å²) < 4.78 is 64.9. The van der Waals surface area contributed by atoms with E-state index in [1.54, 1.807) is 7.05 Å². The average Bonchev–Trinajstić information content (AvgIpc) is 3.53. The third-order valence-electron chi connectivity index (χ3n) is 8.25. The van der Waals surface area contributed by atoms with Crippen molar-refractivity contribution in [2.24, 2.45) is 0 Å². The smallest absolute Gasteiger partial charge is 0.409 e. The molecule has 0 saturated heterocycles. The number of methoxy groups -OCH3 is 1. The SMILES string of the molecule is COC(=O)CCOCCOCCOCCOCCOCCOCCOCCOCCOCCOCCN(C)C(=O)OCC1c2ccccc2-c2ccccc21. The van der Waals surface area contributed by atoms with Gasteiger partial charge in [-0.15, -0.1) is 0 Å². The highest BCUT2D eigenvalue weighted by molar-refractivity contribution is 5.79. The zero-order valence-electron chi connectivity index (χ0n) is 32.6. The van der Waals surface area contributed by atoms with Crippen LogP contribution in [0.25, 0.3) is 11.1 Å². The van der Waals surface area contributed by atoms with Crippen molar-refractivity contribution < 1.29 is 66.4 Å². The number of fused-ring (bicyclic) bond motifs is 3. The maximum absolute atomic E-state index is 12.6. The number of rotatable bonds is 35. The molecule has 0 heterocycles. The molecular formula is C40H61NO14. The molecule has 3 rings (SSSR count).